The molecule has 1 aromatic rings. The van der Waals surface area contributed by atoms with E-state index in [-0.39, 0.29) is 35.5 Å². The highest BCUT2D eigenvalue weighted by Gasteiger charge is 2.04. The number of hydrogen-bond acceptors (Lipinski definition) is 3. The van der Waals surface area contributed by atoms with Crippen LogP contribution in [0.4, 0.5) is 4.39 Å². The zero-order valence-electron chi connectivity index (χ0n) is 13.0. The van der Waals surface area contributed by atoms with Crippen molar-refractivity contribution < 1.29 is 12.8 Å². The molecule has 0 atom stereocenters. The molecule has 0 saturated carbocycles. The van der Waals surface area contributed by atoms with Crippen LogP contribution in [0, 0.1) is 12.7 Å². The summed E-state index contributed by atoms with van der Waals surface area (Å²) in [4.78, 5) is 4.01. The van der Waals surface area contributed by atoms with Crippen LogP contribution < -0.4 is 10.6 Å². The number of hydrogen-bond donors (Lipinski definition) is 2. The zero-order chi connectivity index (χ0) is 15.9. The normalized spacial score (nSPS) is 11.7. The van der Waals surface area contributed by atoms with Crippen LogP contribution in [0.25, 0.3) is 0 Å². The van der Waals surface area contributed by atoms with Crippen LogP contribution in [0.15, 0.2) is 23.2 Å². The van der Waals surface area contributed by atoms with Gasteiger partial charge in [0.1, 0.15) is 15.7 Å². The van der Waals surface area contributed by atoms with Crippen molar-refractivity contribution in [2.24, 2.45) is 4.99 Å². The minimum absolute atomic E-state index is 0. The first-order chi connectivity index (χ1) is 9.81. The monoisotopic (exact) mass is 443 g/mol. The second-order valence-electron chi connectivity index (χ2n) is 4.88. The van der Waals surface area contributed by atoms with Gasteiger partial charge in [0.15, 0.2) is 5.96 Å². The van der Waals surface area contributed by atoms with E-state index in [9.17, 15) is 12.8 Å². The molecule has 0 fully saturated rings. The third-order valence-electron chi connectivity index (χ3n) is 2.98. The Morgan fingerprint density at radius 1 is 1.27 bits per heavy atom. The molecule has 2 N–H and O–H groups in total. The molecule has 0 saturated heterocycles. The first-order valence-corrected chi connectivity index (χ1v) is 8.75. The quantitative estimate of drug-likeness (QED) is 0.397. The van der Waals surface area contributed by atoms with Crippen LogP contribution >= 0.6 is 24.0 Å². The van der Waals surface area contributed by atoms with E-state index in [1.165, 1.54) is 18.4 Å². The number of rotatable bonds is 6. The molecule has 22 heavy (non-hydrogen) atoms. The molecule has 0 spiro atoms. The summed E-state index contributed by atoms with van der Waals surface area (Å²) in [6.45, 7) is 2.82. The van der Waals surface area contributed by atoms with Crippen molar-refractivity contribution in [3.05, 3.63) is 35.1 Å². The van der Waals surface area contributed by atoms with Crippen molar-refractivity contribution in [3.8, 4) is 0 Å². The highest BCUT2D eigenvalue weighted by atomic mass is 127. The van der Waals surface area contributed by atoms with Gasteiger partial charge in [-0.3, -0.25) is 4.99 Å². The number of halogens is 2. The molecule has 5 nitrogen and oxygen atoms in total. The molecule has 126 valence electrons. The van der Waals surface area contributed by atoms with Crippen molar-refractivity contribution in [2.45, 2.75) is 13.3 Å². The highest BCUT2D eigenvalue weighted by molar-refractivity contribution is 14.0. The van der Waals surface area contributed by atoms with Crippen molar-refractivity contribution >= 4 is 39.8 Å². The van der Waals surface area contributed by atoms with E-state index in [0.717, 1.165) is 17.5 Å². The summed E-state index contributed by atoms with van der Waals surface area (Å²) < 4.78 is 35.1. The van der Waals surface area contributed by atoms with Gasteiger partial charge in [0.05, 0.1) is 5.75 Å². The third-order valence-corrected chi connectivity index (χ3v) is 3.93. The molecule has 0 heterocycles. The first kappa shape index (κ1) is 21.1. The average Bonchev–Trinajstić information content (AvgIpc) is 2.38. The lowest BCUT2D eigenvalue weighted by atomic mass is 10.1. The largest absolute Gasteiger partial charge is 0.356 e. The Bertz CT molecular complexity index is 606. The van der Waals surface area contributed by atoms with Gasteiger partial charge in [-0.15, -0.1) is 24.0 Å². The van der Waals surface area contributed by atoms with Gasteiger partial charge in [-0.2, -0.15) is 0 Å². The Morgan fingerprint density at radius 2 is 1.91 bits per heavy atom. The molecule has 0 aromatic heterocycles. The number of sulfone groups is 1. The standard InChI is InChI=1S/C14H22FN3O2S.HI/c1-11-10-13(15)5-4-12(11)6-7-17-14(16-2)18-8-9-21(3,19)20;/h4-5,10H,6-9H2,1-3H3,(H2,16,17,18);1H. The fourth-order valence-electron chi connectivity index (χ4n) is 1.83. The van der Waals surface area contributed by atoms with E-state index in [1.807, 2.05) is 6.92 Å². The van der Waals surface area contributed by atoms with Gasteiger partial charge in [0, 0.05) is 26.4 Å². The van der Waals surface area contributed by atoms with Crippen molar-refractivity contribution in [1.82, 2.24) is 10.6 Å². The Hall–Kier alpha value is -0.900. The second kappa shape index (κ2) is 9.98. The topological polar surface area (TPSA) is 70.6 Å². The smallest absolute Gasteiger partial charge is 0.191 e. The molecule has 0 aliphatic rings. The van der Waals surface area contributed by atoms with E-state index >= 15 is 0 Å². The minimum Gasteiger partial charge on any atom is -0.356 e. The predicted molar refractivity (Wildman–Crippen MR) is 99.3 cm³/mol. The van der Waals surface area contributed by atoms with Crippen LogP contribution in [0.2, 0.25) is 0 Å². The summed E-state index contributed by atoms with van der Waals surface area (Å²) in [6, 6.07) is 4.72. The summed E-state index contributed by atoms with van der Waals surface area (Å²) in [7, 11) is -1.36. The van der Waals surface area contributed by atoms with Gasteiger partial charge >= 0.3 is 0 Å². The second-order valence-corrected chi connectivity index (χ2v) is 7.14. The lowest BCUT2D eigenvalue weighted by Crippen LogP contribution is -2.40. The zero-order valence-corrected chi connectivity index (χ0v) is 16.2. The van der Waals surface area contributed by atoms with Gasteiger partial charge in [0.25, 0.3) is 0 Å². The van der Waals surface area contributed by atoms with E-state index in [0.29, 0.717) is 19.0 Å². The summed E-state index contributed by atoms with van der Waals surface area (Å²) in [5, 5.41) is 6.03. The summed E-state index contributed by atoms with van der Waals surface area (Å²) in [5.74, 6) is 0.381. The number of aliphatic imine (C=N–C) groups is 1. The molecule has 0 aliphatic heterocycles. The lowest BCUT2D eigenvalue weighted by molar-refractivity contribution is 0.600. The number of guanidine groups is 1. The fourth-order valence-corrected chi connectivity index (χ4v) is 2.30. The third kappa shape index (κ3) is 8.52. The molecule has 1 rings (SSSR count). The molecule has 0 bridgehead atoms. The average molecular weight is 443 g/mol. The summed E-state index contributed by atoms with van der Waals surface area (Å²) >= 11 is 0. The van der Waals surface area contributed by atoms with Crippen LogP contribution in [0.1, 0.15) is 11.1 Å². The SMILES string of the molecule is CN=C(NCCc1ccc(F)cc1C)NCCS(C)(=O)=O.I. The first-order valence-electron chi connectivity index (χ1n) is 6.69. The number of aryl methyl sites for hydroxylation is 1. The van der Waals surface area contributed by atoms with Crippen molar-refractivity contribution in [3.63, 3.8) is 0 Å². The van der Waals surface area contributed by atoms with Gasteiger partial charge in [-0.1, -0.05) is 6.07 Å². The Balaban J connectivity index is 0.00000441. The van der Waals surface area contributed by atoms with Crippen LogP contribution in [-0.2, 0) is 16.3 Å². The number of nitrogens with zero attached hydrogens (tertiary/aromatic N) is 1. The Kier molecular flexibility index (Phi) is 9.58. The summed E-state index contributed by atoms with van der Waals surface area (Å²) in [5.41, 5.74) is 1.98. The highest BCUT2D eigenvalue weighted by Crippen LogP contribution is 2.10. The molecule has 1 aromatic carbocycles. The number of benzene rings is 1. The van der Waals surface area contributed by atoms with E-state index in [4.69, 9.17) is 0 Å². The maximum Gasteiger partial charge on any atom is 0.191 e. The van der Waals surface area contributed by atoms with E-state index in [1.54, 1.807) is 13.1 Å². The van der Waals surface area contributed by atoms with Gasteiger partial charge in [-0.05, 0) is 36.6 Å². The van der Waals surface area contributed by atoms with Crippen LogP contribution in [0.3, 0.4) is 0 Å². The maximum atomic E-state index is 13.0. The van der Waals surface area contributed by atoms with Crippen molar-refractivity contribution in [2.75, 3.05) is 32.1 Å². The van der Waals surface area contributed by atoms with Crippen LogP contribution in [-0.4, -0.2) is 46.5 Å². The Morgan fingerprint density at radius 3 is 2.45 bits per heavy atom. The molecule has 0 amide bonds. The van der Waals surface area contributed by atoms with Gasteiger partial charge in [-0.25, -0.2) is 12.8 Å². The molecule has 0 aliphatic carbocycles. The Labute approximate surface area is 148 Å². The minimum atomic E-state index is -2.98. The predicted octanol–water partition coefficient (Wildman–Crippen LogP) is 1.50. The molecule has 0 radical (unpaired) electrons. The molecular formula is C14H23FIN3O2S. The van der Waals surface area contributed by atoms with Crippen LogP contribution in [0.5, 0.6) is 0 Å². The maximum absolute atomic E-state index is 13.0. The number of nitrogens with one attached hydrogen (secondary N) is 2. The van der Waals surface area contributed by atoms with E-state index in [2.05, 4.69) is 15.6 Å². The fraction of sp³-hybridized carbons (Fsp3) is 0.500. The molecular weight excluding hydrogens is 420 g/mol. The van der Waals surface area contributed by atoms with E-state index < -0.39 is 9.84 Å². The molecule has 8 heteroatoms. The van der Waals surface area contributed by atoms with Gasteiger partial charge < -0.3 is 10.6 Å². The van der Waals surface area contributed by atoms with Crippen molar-refractivity contribution in [1.29, 1.82) is 0 Å². The molecule has 0 unspecified atom stereocenters. The van der Waals surface area contributed by atoms with Gasteiger partial charge in [0.2, 0.25) is 0 Å². The summed E-state index contributed by atoms with van der Waals surface area (Å²) in [6.07, 6.45) is 1.93. The lowest BCUT2D eigenvalue weighted by Gasteiger charge is -2.12.